The van der Waals surface area contributed by atoms with Crippen molar-refractivity contribution < 1.29 is 19.1 Å². The fraction of sp³-hybridized carbons (Fsp3) is 0.375. The predicted octanol–water partition coefficient (Wildman–Crippen LogP) is -0.0751. The average molecular weight is 181 g/mol. The summed E-state index contributed by atoms with van der Waals surface area (Å²) in [5, 5.41) is 8.28. The van der Waals surface area contributed by atoms with Crippen molar-refractivity contribution in [2.75, 3.05) is 7.11 Å². The van der Waals surface area contributed by atoms with Crippen molar-refractivity contribution in [3.8, 4) is 6.07 Å². The van der Waals surface area contributed by atoms with Gasteiger partial charge in [-0.2, -0.15) is 5.26 Å². The van der Waals surface area contributed by atoms with Crippen LogP contribution >= 0.6 is 0 Å². The molecule has 0 N–H and O–H groups in total. The van der Waals surface area contributed by atoms with E-state index in [-0.39, 0.29) is 12.0 Å². The Morgan fingerprint density at radius 3 is 3.08 bits per heavy atom. The van der Waals surface area contributed by atoms with Crippen LogP contribution in [-0.2, 0) is 19.1 Å². The molecule has 1 fully saturated rings. The molecule has 5 heteroatoms. The molecule has 1 heterocycles. The Balaban J connectivity index is 2.72. The van der Waals surface area contributed by atoms with Gasteiger partial charge in [0.15, 0.2) is 0 Å². The Morgan fingerprint density at radius 2 is 2.54 bits per heavy atom. The SMILES string of the molecule is COC(=O)[C@@H]1C/C(=C\C#N)C(=O)O1. The van der Waals surface area contributed by atoms with Gasteiger partial charge in [-0.25, -0.2) is 9.59 Å². The molecule has 0 spiro atoms. The third kappa shape index (κ3) is 1.85. The summed E-state index contributed by atoms with van der Waals surface area (Å²) in [5.41, 5.74) is 0.206. The molecular weight excluding hydrogens is 174 g/mol. The molecule has 1 rings (SSSR count). The third-order valence-corrected chi connectivity index (χ3v) is 1.62. The van der Waals surface area contributed by atoms with E-state index in [0.29, 0.717) is 0 Å². The lowest BCUT2D eigenvalue weighted by Gasteiger charge is -2.03. The minimum Gasteiger partial charge on any atom is -0.466 e. The van der Waals surface area contributed by atoms with Crippen molar-refractivity contribution in [3.63, 3.8) is 0 Å². The molecule has 13 heavy (non-hydrogen) atoms. The summed E-state index contributed by atoms with van der Waals surface area (Å²) in [4.78, 5) is 21.8. The van der Waals surface area contributed by atoms with Gasteiger partial charge in [-0.15, -0.1) is 0 Å². The largest absolute Gasteiger partial charge is 0.466 e. The molecule has 5 nitrogen and oxygen atoms in total. The van der Waals surface area contributed by atoms with Crippen LogP contribution in [0.3, 0.4) is 0 Å². The molecule has 0 unspecified atom stereocenters. The summed E-state index contributed by atoms with van der Waals surface area (Å²) in [6.07, 6.45) is 0.293. The van der Waals surface area contributed by atoms with Crippen LogP contribution in [0.4, 0.5) is 0 Å². The van der Waals surface area contributed by atoms with Gasteiger partial charge in [0.05, 0.1) is 18.8 Å². The van der Waals surface area contributed by atoms with Gasteiger partial charge >= 0.3 is 11.9 Å². The fourth-order valence-corrected chi connectivity index (χ4v) is 0.988. The monoisotopic (exact) mass is 181 g/mol. The van der Waals surface area contributed by atoms with E-state index in [1.807, 2.05) is 0 Å². The van der Waals surface area contributed by atoms with Gasteiger partial charge in [-0.3, -0.25) is 0 Å². The molecule has 0 aromatic rings. The first-order chi connectivity index (χ1) is 6.19. The fourth-order valence-electron chi connectivity index (χ4n) is 0.988. The minimum atomic E-state index is -0.892. The number of hydrogen-bond donors (Lipinski definition) is 0. The van der Waals surface area contributed by atoms with Crippen LogP contribution in [0.5, 0.6) is 0 Å². The number of ether oxygens (including phenoxy) is 2. The van der Waals surface area contributed by atoms with Crippen molar-refractivity contribution in [1.29, 1.82) is 5.26 Å². The smallest absolute Gasteiger partial charge is 0.347 e. The Hall–Kier alpha value is -1.83. The summed E-state index contributed by atoms with van der Waals surface area (Å²) in [6.45, 7) is 0. The first kappa shape index (κ1) is 9.26. The van der Waals surface area contributed by atoms with E-state index in [2.05, 4.69) is 9.47 Å². The molecule has 0 aromatic carbocycles. The van der Waals surface area contributed by atoms with Crippen LogP contribution < -0.4 is 0 Å². The number of rotatable bonds is 1. The molecule has 0 bridgehead atoms. The summed E-state index contributed by atoms with van der Waals surface area (Å²) in [7, 11) is 1.21. The van der Waals surface area contributed by atoms with Gasteiger partial charge in [0.1, 0.15) is 0 Å². The Kier molecular flexibility index (Phi) is 2.65. The number of hydrogen-bond acceptors (Lipinski definition) is 5. The van der Waals surface area contributed by atoms with Gasteiger partial charge in [0.2, 0.25) is 6.10 Å². The zero-order valence-corrected chi connectivity index (χ0v) is 6.94. The molecule has 1 aliphatic rings. The van der Waals surface area contributed by atoms with E-state index in [4.69, 9.17) is 5.26 Å². The van der Waals surface area contributed by atoms with Crippen LogP contribution in [0, 0.1) is 11.3 Å². The molecule has 0 aliphatic carbocycles. The summed E-state index contributed by atoms with van der Waals surface area (Å²) < 4.78 is 9.03. The number of carbonyl (C=O) groups excluding carboxylic acids is 2. The Bertz CT molecular complexity index is 313. The Morgan fingerprint density at radius 1 is 1.85 bits per heavy atom. The maximum absolute atomic E-state index is 10.9. The van der Waals surface area contributed by atoms with Crippen LogP contribution in [0.2, 0.25) is 0 Å². The first-order valence-corrected chi connectivity index (χ1v) is 3.56. The molecule has 1 aliphatic heterocycles. The number of carbonyl (C=O) groups is 2. The van der Waals surface area contributed by atoms with Crippen molar-refractivity contribution in [3.05, 3.63) is 11.6 Å². The number of nitriles is 1. The van der Waals surface area contributed by atoms with E-state index >= 15 is 0 Å². The van der Waals surface area contributed by atoms with E-state index in [1.54, 1.807) is 6.07 Å². The molecule has 68 valence electrons. The lowest BCUT2D eigenvalue weighted by atomic mass is 10.1. The predicted molar refractivity (Wildman–Crippen MR) is 40.2 cm³/mol. The van der Waals surface area contributed by atoms with Crippen LogP contribution in [0.15, 0.2) is 11.6 Å². The molecule has 0 saturated carbocycles. The topological polar surface area (TPSA) is 76.4 Å². The zero-order chi connectivity index (χ0) is 9.84. The maximum Gasteiger partial charge on any atom is 0.347 e. The zero-order valence-electron chi connectivity index (χ0n) is 6.94. The summed E-state index contributed by atoms with van der Waals surface area (Å²) in [6, 6.07) is 1.70. The van der Waals surface area contributed by atoms with Gasteiger partial charge in [0.25, 0.3) is 0 Å². The highest BCUT2D eigenvalue weighted by Gasteiger charge is 2.34. The summed E-state index contributed by atoms with van der Waals surface area (Å²) >= 11 is 0. The van der Waals surface area contributed by atoms with Gasteiger partial charge < -0.3 is 9.47 Å². The molecule has 0 aromatic heterocycles. The van der Waals surface area contributed by atoms with Crippen molar-refractivity contribution >= 4 is 11.9 Å². The molecule has 0 amide bonds. The van der Waals surface area contributed by atoms with Crippen LogP contribution in [-0.4, -0.2) is 25.2 Å². The maximum atomic E-state index is 10.9. The lowest BCUT2D eigenvalue weighted by molar-refractivity contribution is -0.158. The van der Waals surface area contributed by atoms with E-state index in [9.17, 15) is 9.59 Å². The second kappa shape index (κ2) is 3.72. The van der Waals surface area contributed by atoms with Gasteiger partial charge in [-0.1, -0.05) is 0 Å². The number of cyclic esters (lactones) is 1. The van der Waals surface area contributed by atoms with E-state index in [0.717, 1.165) is 6.08 Å². The molecule has 0 radical (unpaired) electrons. The standard InChI is InChI=1S/C8H7NO4/c1-12-8(11)6-4-5(2-3-9)7(10)13-6/h2,6H,4H2,1H3/b5-2+/t6-/m0/s1. The van der Waals surface area contributed by atoms with Crippen LogP contribution in [0.25, 0.3) is 0 Å². The first-order valence-electron chi connectivity index (χ1n) is 3.56. The number of nitrogens with zero attached hydrogens (tertiary/aromatic N) is 1. The van der Waals surface area contributed by atoms with Crippen molar-refractivity contribution in [2.24, 2.45) is 0 Å². The van der Waals surface area contributed by atoms with Crippen molar-refractivity contribution in [2.45, 2.75) is 12.5 Å². The van der Waals surface area contributed by atoms with Gasteiger partial charge in [-0.05, 0) is 0 Å². The number of allylic oxidation sites excluding steroid dienone is 1. The number of esters is 2. The molecule has 1 saturated heterocycles. The minimum absolute atomic E-state index is 0.110. The van der Waals surface area contributed by atoms with E-state index < -0.39 is 18.0 Å². The summed E-state index contributed by atoms with van der Waals surface area (Å²) in [5.74, 6) is -1.23. The second-order valence-corrected chi connectivity index (χ2v) is 2.42. The highest BCUT2D eigenvalue weighted by molar-refractivity contribution is 5.95. The molecular formula is C8H7NO4. The van der Waals surface area contributed by atoms with Crippen LogP contribution in [0.1, 0.15) is 6.42 Å². The quantitative estimate of drug-likeness (QED) is 0.321. The number of methoxy groups -OCH3 is 1. The van der Waals surface area contributed by atoms with Gasteiger partial charge in [0, 0.05) is 12.5 Å². The third-order valence-electron chi connectivity index (χ3n) is 1.62. The normalized spacial score (nSPS) is 23.8. The molecule has 1 atom stereocenters. The Labute approximate surface area is 74.5 Å². The van der Waals surface area contributed by atoms with E-state index in [1.165, 1.54) is 7.11 Å². The average Bonchev–Trinajstić information content (AvgIpc) is 2.47. The highest BCUT2D eigenvalue weighted by Crippen LogP contribution is 2.20. The highest BCUT2D eigenvalue weighted by atomic mass is 16.6. The van der Waals surface area contributed by atoms with Crippen molar-refractivity contribution in [1.82, 2.24) is 0 Å². The second-order valence-electron chi connectivity index (χ2n) is 2.42. The lowest BCUT2D eigenvalue weighted by Crippen LogP contribution is -2.21.